The van der Waals surface area contributed by atoms with E-state index in [9.17, 15) is 4.79 Å². The van der Waals surface area contributed by atoms with E-state index >= 15 is 0 Å². The molecule has 1 aromatic heterocycles. The average Bonchev–Trinajstić information content (AvgIpc) is 3.13. The van der Waals surface area contributed by atoms with E-state index in [2.05, 4.69) is 15.5 Å². The van der Waals surface area contributed by atoms with E-state index in [0.29, 0.717) is 23.3 Å². The van der Waals surface area contributed by atoms with E-state index in [-0.39, 0.29) is 23.8 Å². The van der Waals surface area contributed by atoms with Gasteiger partial charge in [0.2, 0.25) is 5.91 Å². The summed E-state index contributed by atoms with van der Waals surface area (Å²) in [5.74, 6) is 2.29. The second-order valence-corrected chi connectivity index (χ2v) is 7.70. The third-order valence-electron chi connectivity index (χ3n) is 4.67. The van der Waals surface area contributed by atoms with Crippen LogP contribution >= 0.6 is 11.8 Å². The number of hydrogen-bond donors (Lipinski definition) is 1. The number of thioether (sulfide) groups is 1. The lowest BCUT2D eigenvalue weighted by Crippen LogP contribution is -2.28. The Kier molecular flexibility index (Phi) is 5.71. The van der Waals surface area contributed by atoms with E-state index in [1.54, 1.807) is 0 Å². The van der Waals surface area contributed by atoms with E-state index in [1.807, 2.05) is 73.1 Å². The van der Waals surface area contributed by atoms with Crippen LogP contribution in [-0.4, -0.2) is 33.0 Å². The Balaban J connectivity index is 1.35. The third-order valence-corrected chi connectivity index (χ3v) is 5.69. The van der Waals surface area contributed by atoms with Crippen molar-refractivity contribution in [2.75, 3.05) is 12.4 Å². The summed E-state index contributed by atoms with van der Waals surface area (Å²) >= 11 is 1.34. The monoisotopic (exact) mass is 410 g/mol. The van der Waals surface area contributed by atoms with Crippen LogP contribution in [0.15, 0.2) is 59.8 Å². The molecule has 2 heterocycles. The van der Waals surface area contributed by atoms with Crippen molar-refractivity contribution in [3.05, 3.63) is 66.0 Å². The number of aromatic nitrogens is 3. The fourth-order valence-corrected chi connectivity index (χ4v) is 3.85. The summed E-state index contributed by atoms with van der Waals surface area (Å²) in [6, 6.07) is 17.4. The zero-order valence-corrected chi connectivity index (χ0v) is 17.1. The van der Waals surface area contributed by atoms with Gasteiger partial charge in [-0.3, -0.25) is 4.79 Å². The largest absolute Gasteiger partial charge is 0.485 e. The van der Waals surface area contributed by atoms with E-state index < -0.39 is 0 Å². The molecule has 0 spiro atoms. The fourth-order valence-electron chi connectivity index (χ4n) is 3.12. The fraction of sp³-hybridized carbons (Fsp3) is 0.286. The number of amides is 1. The van der Waals surface area contributed by atoms with Crippen LogP contribution in [0.5, 0.6) is 11.5 Å². The van der Waals surface area contributed by atoms with Gasteiger partial charge in [-0.05, 0) is 24.6 Å². The molecule has 4 rings (SSSR count). The Morgan fingerprint density at radius 3 is 2.69 bits per heavy atom. The van der Waals surface area contributed by atoms with Crippen molar-refractivity contribution in [2.24, 2.45) is 7.05 Å². The molecule has 3 aromatic rings. The molecule has 0 aliphatic carbocycles. The lowest BCUT2D eigenvalue weighted by molar-refractivity contribution is -0.119. The van der Waals surface area contributed by atoms with Crippen molar-refractivity contribution in [1.29, 1.82) is 0 Å². The van der Waals surface area contributed by atoms with Crippen LogP contribution in [0.25, 0.3) is 0 Å². The molecule has 2 atom stereocenters. The molecule has 1 N–H and O–H groups in total. The first-order valence-electron chi connectivity index (χ1n) is 9.36. The Bertz CT molecular complexity index is 993. The van der Waals surface area contributed by atoms with Gasteiger partial charge in [-0.25, -0.2) is 0 Å². The van der Waals surface area contributed by atoms with Gasteiger partial charge in [0.25, 0.3) is 0 Å². The smallest absolute Gasteiger partial charge is 0.230 e. The molecule has 0 radical (unpaired) electrons. The quantitative estimate of drug-likeness (QED) is 0.629. The molecule has 0 unspecified atom stereocenters. The third kappa shape index (κ3) is 4.37. The SMILES string of the molecule is C[C@H](NC(=O)CSc1nnc([C@@H]2COc3ccccc3O2)n1C)c1ccccc1. The first-order chi connectivity index (χ1) is 14.1. The number of hydrogen-bond acceptors (Lipinski definition) is 6. The van der Waals surface area contributed by atoms with Crippen LogP contribution in [0.3, 0.4) is 0 Å². The van der Waals surface area contributed by atoms with Crippen molar-refractivity contribution < 1.29 is 14.3 Å². The summed E-state index contributed by atoms with van der Waals surface area (Å²) in [6.45, 7) is 2.33. The minimum absolute atomic E-state index is 0.0489. The second kappa shape index (κ2) is 8.57. The van der Waals surface area contributed by atoms with Crippen molar-refractivity contribution in [1.82, 2.24) is 20.1 Å². The van der Waals surface area contributed by atoms with Gasteiger partial charge in [0.05, 0.1) is 11.8 Å². The number of fused-ring (bicyclic) bond motifs is 1. The van der Waals surface area contributed by atoms with Gasteiger partial charge in [0.15, 0.2) is 28.6 Å². The van der Waals surface area contributed by atoms with Crippen LogP contribution < -0.4 is 14.8 Å². The predicted octanol–water partition coefficient (Wildman–Crippen LogP) is 3.30. The van der Waals surface area contributed by atoms with Gasteiger partial charge in [0.1, 0.15) is 6.61 Å². The highest BCUT2D eigenvalue weighted by atomic mass is 32.2. The molecule has 29 heavy (non-hydrogen) atoms. The molecular formula is C21H22N4O3S. The van der Waals surface area contributed by atoms with Crippen molar-refractivity contribution >= 4 is 17.7 Å². The highest BCUT2D eigenvalue weighted by molar-refractivity contribution is 7.99. The molecule has 150 valence electrons. The molecular weight excluding hydrogens is 388 g/mol. The summed E-state index contributed by atoms with van der Waals surface area (Å²) < 4.78 is 13.6. The lowest BCUT2D eigenvalue weighted by atomic mass is 10.1. The molecule has 8 heteroatoms. The van der Waals surface area contributed by atoms with Crippen LogP contribution in [0, 0.1) is 0 Å². The normalized spacial score (nSPS) is 16.3. The second-order valence-electron chi connectivity index (χ2n) is 6.75. The molecule has 2 aromatic carbocycles. The van der Waals surface area contributed by atoms with Crippen molar-refractivity contribution in [3.63, 3.8) is 0 Å². The maximum absolute atomic E-state index is 12.3. The topological polar surface area (TPSA) is 78.3 Å². The van der Waals surface area contributed by atoms with Crippen LogP contribution in [0.2, 0.25) is 0 Å². The van der Waals surface area contributed by atoms with Gasteiger partial charge in [-0.2, -0.15) is 0 Å². The number of carbonyl (C=O) groups excluding carboxylic acids is 1. The first-order valence-corrected chi connectivity index (χ1v) is 10.3. The molecule has 7 nitrogen and oxygen atoms in total. The molecule has 1 aliphatic rings. The number of carbonyl (C=O) groups is 1. The zero-order valence-electron chi connectivity index (χ0n) is 16.2. The minimum Gasteiger partial charge on any atom is -0.485 e. The van der Waals surface area contributed by atoms with Crippen molar-refractivity contribution in [3.8, 4) is 11.5 Å². The van der Waals surface area contributed by atoms with Crippen LogP contribution in [0.4, 0.5) is 0 Å². The Labute approximate surface area is 173 Å². The summed E-state index contributed by atoms with van der Waals surface area (Å²) in [7, 11) is 1.87. The standard InChI is InChI=1S/C21H22N4O3S/c1-14(15-8-4-3-5-9-15)22-19(26)13-29-21-24-23-20(25(21)2)18-12-27-16-10-6-7-11-17(16)28-18/h3-11,14,18H,12-13H2,1-2H3,(H,22,26)/t14-,18-/m0/s1. The van der Waals surface area contributed by atoms with E-state index in [4.69, 9.17) is 9.47 Å². The summed E-state index contributed by atoms with van der Waals surface area (Å²) in [5.41, 5.74) is 1.07. The highest BCUT2D eigenvalue weighted by Gasteiger charge is 2.27. The van der Waals surface area contributed by atoms with Gasteiger partial charge >= 0.3 is 0 Å². The Morgan fingerprint density at radius 2 is 1.90 bits per heavy atom. The maximum Gasteiger partial charge on any atom is 0.230 e. The van der Waals surface area contributed by atoms with Gasteiger partial charge < -0.3 is 19.4 Å². The molecule has 0 fully saturated rings. The number of nitrogens with one attached hydrogen (secondary N) is 1. The summed E-state index contributed by atoms with van der Waals surface area (Å²) in [5, 5.41) is 12.1. The Hall–Kier alpha value is -3.00. The van der Waals surface area contributed by atoms with Gasteiger partial charge in [-0.15, -0.1) is 10.2 Å². The molecule has 1 amide bonds. The van der Waals surface area contributed by atoms with Crippen LogP contribution in [-0.2, 0) is 11.8 Å². The van der Waals surface area contributed by atoms with Crippen LogP contribution in [0.1, 0.15) is 30.5 Å². The average molecular weight is 410 g/mol. The lowest BCUT2D eigenvalue weighted by Gasteiger charge is -2.25. The predicted molar refractivity (Wildman–Crippen MR) is 110 cm³/mol. The zero-order chi connectivity index (χ0) is 20.2. The summed E-state index contributed by atoms with van der Waals surface area (Å²) in [6.07, 6.45) is -0.344. The highest BCUT2D eigenvalue weighted by Crippen LogP contribution is 2.35. The molecule has 1 aliphatic heterocycles. The summed E-state index contributed by atoms with van der Waals surface area (Å²) in [4.78, 5) is 12.3. The number of benzene rings is 2. The maximum atomic E-state index is 12.3. The van der Waals surface area contributed by atoms with Crippen molar-refractivity contribution in [2.45, 2.75) is 24.2 Å². The molecule has 0 bridgehead atoms. The number of nitrogens with zero attached hydrogens (tertiary/aromatic N) is 3. The number of para-hydroxylation sites is 2. The van der Waals surface area contributed by atoms with Gasteiger partial charge in [0, 0.05) is 7.05 Å². The minimum atomic E-state index is -0.344. The molecule has 0 saturated heterocycles. The first kappa shape index (κ1) is 19.3. The number of ether oxygens (including phenoxy) is 2. The number of rotatable bonds is 6. The van der Waals surface area contributed by atoms with E-state index in [0.717, 1.165) is 11.3 Å². The van der Waals surface area contributed by atoms with E-state index in [1.165, 1.54) is 11.8 Å². The Morgan fingerprint density at radius 1 is 1.17 bits per heavy atom. The van der Waals surface area contributed by atoms with Gasteiger partial charge in [-0.1, -0.05) is 54.2 Å². The molecule has 0 saturated carbocycles.